The predicted octanol–water partition coefficient (Wildman–Crippen LogP) is 4.50. The Morgan fingerprint density at radius 1 is 1.28 bits per heavy atom. The molecule has 0 saturated heterocycles. The number of aryl methyl sites for hydroxylation is 1. The van der Waals surface area contributed by atoms with Gasteiger partial charge in [0.1, 0.15) is 5.82 Å². The van der Waals surface area contributed by atoms with Gasteiger partial charge in [-0.2, -0.15) is 5.10 Å². The quantitative estimate of drug-likeness (QED) is 0.629. The molecule has 3 aromatic rings. The molecule has 0 atom stereocenters. The number of fused-ring (bicyclic) bond motifs is 1. The fourth-order valence-corrected chi connectivity index (χ4v) is 3.91. The molecule has 1 aromatic carbocycles. The van der Waals surface area contributed by atoms with E-state index >= 15 is 4.39 Å². The van der Waals surface area contributed by atoms with Gasteiger partial charge in [-0.05, 0) is 24.6 Å². The topological polar surface area (TPSA) is 68.0 Å². The van der Waals surface area contributed by atoms with Gasteiger partial charge in [-0.25, -0.2) is 17.9 Å². The molecule has 2 aromatic heterocycles. The maximum atomic E-state index is 15.0. The Morgan fingerprint density at radius 3 is 2.62 bits per heavy atom. The molecule has 0 saturated carbocycles. The largest absolute Gasteiger partial charge is 0.338 e. The van der Waals surface area contributed by atoms with Gasteiger partial charge in [-0.3, -0.25) is 9.48 Å². The first kappa shape index (κ1) is 21.7. The van der Waals surface area contributed by atoms with Crippen LogP contribution in [-0.4, -0.2) is 36.9 Å². The molecular weight excluding hydrogens is 421 g/mol. The van der Waals surface area contributed by atoms with Crippen molar-refractivity contribution in [1.29, 1.82) is 0 Å². The van der Waals surface area contributed by atoms with E-state index in [1.165, 1.54) is 17.8 Å². The van der Waals surface area contributed by atoms with Crippen LogP contribution in [0.2, 0.25) is 0 Å². The molecule has 1 aliphatic rings. The summed E-state index contributed by atoms with van der Waals surface area (Å²) >= 11 is 0. The summed E-state index contributed by atoms with van der Waals surface area (Å²) in [6.07, 6.45) is 0.701. The Hall–Kier alpha value is -3.56. The van der Waals surface area contributed by atoms with Gasteiger partial charge in [-0.1, -0.05) is 6.58 Å². The maximum Gasteiger partial charge on any atom is 0.264 e. The maximum absolute atomic E-state index is 15.0. The molecule has 0 bridgehead atoms. The van der Waals surface area contributed by atoms with E-state index < -0.39 is 12.2 Å². The van der Waals surface area contributed by atoms with E-state index in [0.717, 1.165) is 17.8 Å². The minimum Gasteiger partial charge on any atom is -0.338 e. The van der Waals surface area contributed by atoms with Gasteiger partial charge < -0.3 is 10.2 Å². The number of hydrogen-bond donors (Lipinski definition) is 1. The van der Waals surface area contributed by atoms with E-state index in [0.29, 0.717) is 35.6 Å². The number of amides is 1. The smallest absolute Gasteiger partial charge is 0.264 e. The molecule has 7 nitrogen and oxygen atoms in total. The minimum absolute atomic E-state index is 0.0772. The number of allylic oxidation sites excluding steroid dienone is 1. The summed E-state index contributed by atoms with van der Waals surface area (Å²) in [5, 5.41) is 11.3. The monoisotopic (exact) mass is 444 g/mol. The Morgan fingerprint density at radius 2 is 2.03 bits per heavy atom. The number of halogens is 3. The number of benzene rings is 1. The number of aromatic nitrogens is 4. The Bertz CT molecular complexity index is 1210. The van der Waals surface area contributed by atoms with Crippen molar-refractivity contribution in [3.63, 3.8) is 0 Å². The van der Waals surface area contributed by atoms with E-state index in [9.17, 15) is 13.6 Å². The summed E-state index contributed by atoms with van der Waals surface area (Å²) in [7, 11) is 1.66. The van der Waals surface area contributed by atoms with E-state index in [1.807, 2.05) is 0 Å². The molecular formula is C22H23F3N6O. The zero-order valence-corrected chi connectivity index (χ0v) is 18.0. The Kier molecular flexibility index (Phi) is 5.53. The third kappa shape index (κ3) is 3.88. The summed E-state index contributed by atoms with van der Waals surface area (Å²) in [4.78, 5) is 13.5. The molecule has 0 radical (unpaired) electrons. The average molecular weight is 444 g/mol. The molecule has 10 heteroatoms. The third-order valence-corrected chi connectivity index (χ3v) is 5.51. The van der Waals surface area contributed by atoms with E-state index in [2.05, 4.69) is 22.1 Å². The van der Waals surface area contributed by atoms with Gasteiger partial charge in [0, 0.05) is 55.5 Å². The van der Waals surface area contributed by atoms with Crippen LogP contribution in [0.5, 0.6) is 0 Å². The molecule has 1 aliphatic heterocycles. The standard InChI is InChI=1S/C22H23F3N6O/c1-12(2)31-20-5-6-30(13(3)32)11-17(20)22(28-31)27-19-8-16(21(24)25)15(7-18(19)23)14-9-26-29(4)10-14/h7-10,21H,1,5-6,11H2,2-4H3,(H,27,28). The molecule has 3 heterocycles. The predicted molar refractivity (Wildman–Crippen MR) is 115 cm³/mol. The Balaban J connectivity index is 1.77. The van der Waals surface area contributed by atoms with Crippen molar-refractivity contribution in [3.05, 3.63) is 53.7 Å². The van der Waals surface area contributed by atoms with Gasteiger partial charge in [0.05, 0.1) is 24.1 Å². The fourth-order valence-electron chi connectivity index (χ4n) is 3.91. The van der Waals surface area contributed by atoms with Crippen molar-refractivity contribution in [2.75, 3.05) is 11.9 Å². The second kappa shape index (κ2) is 8.18. The Labute approximate surface area is 183 Å². The molecule has 168 valence electrons. The van der Waals surface area contributed by atoms with Gasteiger partial charge in [0.25, 0.3) is 6.43 Å². The van der Waals surface area contributed by atoms with Crippen molar-refractivity contribution in [3.8, 4) is 11.1 Å². The summed E-state index contributed by atoms with van der Waals surface area (Å²) in [5.74, 6) is -0.482. The van der Waals surface area contributed by atoms with E-state index in [1.54, 1.807) is 29.7 Å². The number of carbonyl (C=O) groups is 1. The highest BCUT2D eigenvalue weighted by molar-refractivity contribution is 5.75. The number of nitrogens with zero attached hydrogens (tertiary/aromatic N) is 5. The average Bonchev–Trinajstić information content (AvgIpc) is 3.32. The minimum atomic E-state index is -2.82. The highest BCUT2D eigenvalue weighted by Gasteiger charge is 2.27. The van der Waals surface area contributed by atoms with Crippen LogP contribution in [0.4, 0.5) is 24.7 Å². The lowest BCUT2D eigenvalue weighted by atomic mass is 10.0. The van der Waals surface area contributed by atoms with Crippen LogP contribution in [0.25, 0.3) is 16.8 Å². The first-order valence-corrected chi connectivity index (χ1v) is 10.1. The van der Waals surface area contributed by atoms with E-state index in [-0.39, 0.29) is 29.3 Å². The molecule has 1 amide bonds. The van der Waals surface area contributed by atoms with Crippen LogP contribution in [-0.2, 0) is 24.8 Å². The zero-order valence-electron chi connectivity index (χ0n) is 18.0. The van der Waals surface area contributed by atoms with Crippen LogP contribution in [0.3, 0.4) is 0 Å². The number of hydrogen-bond acceptors (Lipinski definition) is 4. The first-order chi connectivity index (χ1) is 15.2. The third-order valence-electron chi connectivity index (χ3n) is 5.51. The zero-order chi connectivity index (χ0) is 23.2. The SMILES string of the molecule is C=C(C)n1nc(Nc2cc(C(F)F)c(-c3cnn(C)c3)cc2F)c2c1CCN(C(C)=O)C2. The van der Waals surface area contributed by atoms with Gasteiger partial charge in [-0.15, -0.1) is 5.10 Å². The molecule has 4 rings (SSSR count). The van der Waals surface area contributed by atoms with E-state index in [4.69, 9.17) is 0 Å². The fraction of sp³-hybridized carbons (Fsp3) is 0.318. The molecule has 0 spiro atoms. The summed E-state index contributed by atoms with van der Waals surface area (Å²) < 4.78 is 45.8. The lowest BCUT2D eigenvalue weighted by molar-refractivity contribution is -0.129. The molecule has 0 fully saturated rings. The van der Waals surface area contributed by atoms with Crippen LogP contribution >= 0.6 is 0 Å². The summed E-state index contributed by atoms with van der Waals surface area (Å²) in [5.41, 5.74) is 2.26. The number of anilines is 2. The molecule has 32 heavy (non-hydrogen) atoms. The van der Waals surface area contributed by atoms with Gasteiger partial charge in [0.15, 0.2) is 5.82 Å². The highest BCUT2D eigenvalue weighted by Crippen LogP contribution is 2.37. The normalized spacial score (nSPS) is 13.4. The van der Waals surface area contributed by atoms with Crippen molar-refractivity contribution >= 4 is 23.1 Å². The van der Waals surface area contributed by atoms with Crippen LogP contribution in [0, 0.1) is 5.82 Å². The second-order valence-corrected chi connectivity index (χ2v) is 7.86. The van der Waals surface area contributed by atoms with Crippen molar-refractivity contribution in [1.82, 2.24) is 24.5 Å². The number of carbonyl (C=O) groups excluding carboxylic acids is 1. The number of nitrogens with one attached hydrogen (secondary N) is 1. The van der Waals surface area contributed by atoms with Gasteiger partial charge >= 0.3 is 0 Å². The van der Waals surface area contributed by atoms with Crippen molar-refractivity contribution < 1.29 is 18.0 Å². The van der Waals surface area contributed by atoms with Gasteiger partial charge in [0.2, 0.25) is 5.91 Å². The molecule has 1 N–H and O–H groups in total. The van der Waals surface area contributed by atoms with Crippen LogP contribution < -0.4 is 5.32 Å². The highest BCUT2D eigenvalue weighted by atomic mass is 19.3. The molecule has 0 unspecified atom stereocenters. The summed E-state index contributed by atoms with van der Waals surface area (Å²) in [6.45, 7) is 8.01. The van der Waals surface area contributed by atoms with Crippen LogP contribution in [0.1, 0.15) is 37.1 Å². The second-order valence-electron chi connectivity index (χ2n) is 7.86. The molecule has 0 aliphatic carbocycles. The summed E-state index contributed by atoms with van der Waals surface area (Å²) in [6, 6.07) is 2.17. The van der Waals surface area contributed by atoms with Crippen molar-refractivity contribution in [2.24, 2.45) is 7.05 Å². The lowest BCUT2D eigenvalue weighted by Gasteiger charge is -2.26. The first-order valence-electron chi connectivity index (χ1n) is 10.1. The number of alkyl halides is 2. The number of rotatable bonds is 5. The van der Waals surface area contributed by atoms with Crippen LogP contribution in [0.15, 0.2) is 31.1 Å². The lowest BCUT2D eigenvalue weighted by Crippen LogP contribution is -2.34. The van der Waals surface area contributed by atoms with Crippen molar-refractivity contribution in [2.45, 2.75) is 33.2 Å².